The molecule has 0 unspecified atom stereocenters. The van der Waals surface area contributed by atoms with Crippen LogP contribution in [-0.2, 0) is 6.54 Å². The molecule has 1 aromatic heterocycles. The molecular weight excluding hydrogens is 342 g/mol. The second kappa shape index (κ2) is 7.58. The van der Waals surface area contributed by atoms with Gasteiger partial charge in [0.1, 0.15) is 5.75 Å². The SMILES string of the molecule is COc1ccc(NC(=O)N2CCC(Cn3cc(C4CC4)nn3)CC2)c(C)c1. The molecule has 2 fully saturated rings. The summed E-state index contributed by atoms with van der Waals surface area (Å²) >= 11 is 0. The van der Waals surface area contributed by atoms with Gasteiger partial charge in [-0.05, 0) is 62.3 Å². The quantitative estimate of drug-likeness (QED) is 0.877. The summed E-state index contributed by atoms with van der Waals surface area (Å²) in [6, 6.07) is 5.65. The van der Waals surface area contributed by atoms with Gasteiger partial charge in [0.25, 0.3) is 0 Å². The van der Waals surface area contributed by atoms with E-state index in [1.807, 2.05) is 34.7 Å². The molecule has 1 saturated carbocycles. The maximum Gasteiger partial charge on any atom is 0.321 e. The van der Waals surface area contributed by atoms with Crippen LogP contribution in [0.25, 0.3) is 0 Å². The van der Waals surface area contributed by atoms with Crippen molar-refractivity contribution in [2.75, 3.05) is 25.5 Å². The van der Waals surface area contributed by atoms with Gasteiger partial charge in [0.2, 0.25) is 0 Å². The number of piperidine rings is 1. The molecule has 0 atom stereocenters. The number of nitrogens with zero attached hydrogens (tertiary/aromatic N) is 4. The molecule has 1 N–H and O–H groups in total. The van der Waals surface area contributed by atoms with Crippen molar-refractivity contribution in [3.63, 3.8) is 0 Å². The Kier molecular flexibility index (Phi) is 5.01. The van der Waals surface area contributed by atoms with E-state index in [2.05, 4.69) is 21.8 Å². The van der Waals surface area contributed by atoms with E-state index in [0.29, 0.717) is 11.8 Å². The average molecular weight is 369 g/mol. The third-order valence-electron chi connectivity index (χ3n) is 5.57. The largest absolute Gasteiger partial charge is 0.497 e. The van der Waals surface area contributed by atoms with Crippen molar-refractivity contribution in [1.82, 2.24) is 19.9 Å². The number of rotatable bonds is 5. The number of carbonyl (C=O) groups is 1. The number of methoxy groups -OCH3 is 1. The van der Waals surface area contributed by atoms with Gasteiger partial charge in [-0.25, -0.2) is 4.79 Å². The summed E-state index contributed by atoms with van der Waals surface area (Å²) in [6.45, 7) is 4.41. The van der Waals surface area contributed by atoms with Gasteiger partial charge in [0.05, 0.1) is 12.8 Å². The van der Waals surface area contributed by atoms with Gasteiger partial charge < -0.3 is 15.0 Å². The molecule has 144 valence electrons. The molecule has 2 aliphatic rings. The fourth-order valence-corrected chi connectivity index (χ4v) is 3.65. The Morgan fingerprint density at radius 3 is 2.70 bits per heavy atom. The molecule has 27 heavy (non-hydrogen) atoms. The summed E-state index contributed by atoms with van der Waals surface area (Å²) in [5, 5.41) is 11.6. The van der Waals surface area contributed by atoms with Crippen molar-refractivity contribution in [3.05, 3.63) is 35.7 Å². The number of urea groups is 1. The Morgan fingerprint density at radius 1 is 1.26 bits per heavy atom. The van der Waals surface area contributed by atoms with Crippen LogP contribution >= 0.6 is 0 Å². The number of likely N-dealkylation sites (tertiary alicyclic amines) is 1. The van der Waals surface area contributed by atoms with E-state index < -0.39 is 0 Å². The van der Waals surface area contributed by atoms with Crippen molar-refractivity contribution in [1.29, 1.82) is 0 Å². The number of anilines is 1. The van der Waals surface area contributed by atoms with Crippen LogP contribution < -0.4 is 10.1 Å². The highest BCUT2D eigenvalue weighted by atomic mass is 16.5. The zero-order valence-corrected chi connectivity index (χ0v) is 16.0. The lowest BCUT2D eigenvalue weighted by Gasteiger charge is -2.32. The number of hydrogen-bond donors (Lipinski definition) is 1. The van der Waals surface area contributed by atoms with E-state index in [0.717, 1.165) is 55.2 Å². The number of hydrogen-bond acceptors (Lipinski definition) is 4. The van der Waals surface area contributed by atoms with E-state index >= 15 is 0 Å². The molecule has 4 rings (SSSR count). The molecule has 2 amide bonds. The molecule has 0 bridgehead atoms. The van der Waals surface area contributed by atoms with Crippen LogP contribution in [-0.4, -0.2) is 46.1 Å². The molecule has 1 aromatic carbocycles. The fraction of sp³-hybridized carbons (Fsp3) is 0.550. The molecule has 1 aliphatic heterocycles. The molecular formula is C20H27N5O2. The number of aromatic nitrogens is 3. The number of benzene rings is 1. The molecule has 2 aromatic rings. The lowest BCUT2D eigenvalue weighted by atomic mass is 9.97. The highest BCUT2D eigenvalue weighted by molar-refractivity contribution is 5.90. The third kappa shape index (κ3) is 4.23. The topological polar surface area (TPSA) is 72.3 Å². The predicted octanol–water partition coefficient (Wildman–Crippen LogP) is 3.42. The minimum absolute atomic E-state index is 0.0292. The Hall–Kier alpha value is -2.57. The molecule has 0 spiro atoms. The Morgan fingerprint density at radius 2 is 2.04 bits per heavy atom. The first kappa shape index (κ1) is 17.8. The van der Waals surface area contributed by atoms with Crippen LogP contribution in [0.15, 0.2) is 24.4 Å². The van der Waals surface area contributed by atoms with Crippen LogP contribution in [0.5, 0.6) is 5.75 Å². The minimum Gasteiger partial charge on any atom is -0.497 e. The summed E-state index contributed by atoms with van der Waals surface area (Å²) in [7, 11) is 1.64. The highest BCUT2D eigenvalue weighted by Gasteiger charge is 2.27. The molecule has 1 aliphatic carbocycles. The normalized spacial score (nSPS) is 17.8. The fourth-order valence-electron chi connectivity index (χ4n) is 3.65. The van der Waals surface area contributed by atoms with Crippen molar-refractivity contribution in [3.8, 4) is 5.75 Å². The highest BCUT2D eigenvalue weighted by Crippen LogP contribution is 2.38. The van der Waals surface area contributed by atoms with Gasteiger partial charge in [0, 0.05) is 37.4 Å². The summed E-state index contributed by atoms with van der Waals surface area (Å²) in [6.07, 6.45) is 6.59. The zero-order chi connectivity index (χ0) is 18.8. The van der Waals surface area contributed by atoms with E-state index in [9.17, 15) is 4.79 Å². The van der Waals surface area contributed by atoms with E-state index in [1.54, 1.807) is 7.11 Å². The van der Waals surface area contributed by atoms with E-state index in [1.165, 1.54) is 12.8 Å². The van der Waals surface area contributed by atoms with Crippen molar-refractivity contribution < 1.29 is 9.53 Å². The number of amides is 2. The molecule has 2 heterocycles. The van der Waals surface area contributed by atoms with Crippen molar-refractivity contribution in [2.45, 2.75) is 45.1 Å². The van der Waals surface area contributed by atoms with Crippen molar-refractivity contribution >= 4 is 11.7 Å². The predicted molar refractivity (Wildman–Crippen MR) is 103 cm³/mol. The van der Waals surface area contributed by atoms with Gasteiger partial charge in [-0.3, -0.25) is 4.68 Å². The summed E-state index contributed by atoms with van der Waals surface area (Å²) in [5.74, 6) is 1.99. The maximum absolute atomic E-state index is 12.6. The van der Waals surface area contributed by atoms with E-state index in [4.69, 9.17) is 4.74 Å². The Labute approximate surface area is 159 Å². The van der Waals surface area contributed by atoms with Gasteiger partial charge in [-0.2, -0.15) is 0 Å². The lowest BCUT2D eigenvalue weighted by molar-refractivity contribution is 0.175. The number of nitrogens with one attached hydrogen (secondary N) is 1. The average Bonchev–Trinajstić information content (AvgIpc) is 3.43. The van der Waals surface area contributed by atoms with Gasteiger partial charge in [-0.1, -0.05) is 5.21 Å². The van der Waals surface area contributed by atoms with Crippen LogP contribution in [0, 0.1) is 12.8 Å². The first-order valence-electron chi connectivity index (χ1n) is 9.73. The van der Waals surface area contributed by atoms with Crippen molar-refractivity contribution in [2.24, 2.45) is 5.92 Å². The minimum atomic E-state index is -0.0292. The molecule has 7 heteroatoms. The summed E-state index contributed by atoms with van der Waals surface area (Å²) in [5.41, 5.74) is 2.97. The van der Waals surface area contributed by atoms with Crippen LogP contribution in [0.1, 0.15) is 42.9 Å². The maximum atomic E-state index is 12.6. The van der Waals surface area contributed by atoms with Crippen LogP contribution in [0.2, 0.25) is 0 Å². The third-order valence-corrected chi connectivity index (χ3v) is 5.57. The van der Waals surface area contributed by atoms with Crippen LogP contribution in [0.3, 0.4) is 0 Å². The zero-order valence-electron chi connectivity index (χ0n) is 16.0. The summed E-state index contributed by atoms with van der Waals surface area (Å²) in [4.78, 5) is 14.5. The molecule has 7 nitrogen and oxygen atoms in total. The van der Waals surface area contributed by atoms with Crippen LogP contribution in [0.4, 0.5) is 10.5 Å². The lowest BCUT2D eigenvalue weighted by Crippen LogP contribution is -2.41. The molecule has 0 radical (unpaired) electrons. The number of ether oxygens (including phenoxy) is 1. The first-order valence-corrected chi connectivity index (χ1v) is 9.73. The van der Waals surface area contributed by atoms with E-state index in [-0.39, 0.29) is 6.03 Å². The number of aryl methyl sites for hydroxylation is 1. The summed E-state index contributed by atoms with van der Waals surface area (Å²) < 4.78 is 7.20. The van der Waals surface area contributed by atoms with Gasteiger partial charge in [-0.15, -0.1) is 5.10 Å². The second-order valence-corrected chi connectivity index (χ2v) is 7.68. The Balaban J connectivity index is 1.27. The number of carbonyl (C=O) groups excluding carboxylic acids is 1. The Bertz CT molecular complexity index is 806. The van der Waals surface area contributed by atoms with Gasteiger partial charge >= 0.3 is 6.03 Å². The molecule has 1 saturated heterocycles. The standard InChI is InChI=1S/C20H27N5O2/c1-14-11-17(27-2)5-6-18(14)21-20(26)24-9-7-15(8-10-24)12-25-13-19(22-23-25)16-3-4-16/h5-6,11,13,15-16H,3-4,7-10,12H2,1-2H3,(H,21,26). The van der Waals surface area contributed by atoms with Gasteiger partial charge in [0.15, 0.2) is 0 Å². The monoisotopic (exact) mass is 369 g/mol. The first-order chi connectivity index (χ1) is 13.1. The second-order valence-electron chi connectivity index (χ2n) is 7.68. The smallest absolute Gasteiger partial charge is 0.321 e.